The number of nitrogens with two attached hydrogens (primary N) is 1. The van der Waals surface area contributed by atoms with Crippen LogP contribution in [0.15, 0.2) is 5.38 Å². The molecule has 2 unspecified atom stereocenters. The van der Waals surface area contributed by atoms with Gasteiger partial charge < -0.3 is 20.9 Å². The highest BCUT2D eigenvalue weighted by atomic mass is 32.1. The molecule has 0 saturated carbocycles. The average molecular weight is 273 g/mol. The number of nitrogens with one attached hydrogen (secondary N) is 1. The molecule has 0 radical (unpaired) electrons. The highest BCUT2D eigenvalue weighted by Gasteiger charge is 2.20. The van der Waals surface area contributed by atoms with E-state index < -0.39 is 12.1 Å². The van der Waals surface area contributed by atoms with E-state index in [1.54, 1.807) is 6.92 Å². The molecule has 100 valence electrons. The molecule has 0 aliphatic carbocycles. The summed E-state index contributed by atoms with van der Waals surface area (Å²) in [6, 6.07) is -0.389. The fraction of sp³-hybridized carbons (Fsp3) is 0.500. The first-order chi connectivity index (χ1) is 8.49. The predicted octanol–water partition coefficient (Wildman–Crippen LogP) is -0.00780. The lowest BCUT2D eigenvalue weighted by Crippen LogP contribution is -2.41. The SMILES string of the molecule is COC(CN)C(=O)NC(C)c1nc(C(=O)O)cs1. The van der Waals surface area contributed by atoms with Gasteiger partial charge >= 0.3 is 5.97 Å². The molecular formula is C10H15N3O4S. The van der Waals surface area contributed by atoms with Crippen LogP contribution in [0.1, 0.15) is 28.5 Å². The average Bonchev–Trinajstić information content (AvgIpc) is 2.79. The van der Waals surface area contributed by atoms with Gasteiger partial charge in [-0.05, 0) is 6.92 Å². The maximum Gasteiger partial charge on any atom is 0.355 e. The maximum atomic E-state index is 11.7. The Labute approximate surface area is 108 Å². The number of carboxylic acids is 1. The molecule has 1 aromatic heterocycles. The third-order valence-electron chi connectivity index (χ3n) is 2.26. The first kappa shape index (κ1) is 14.6. The van der Waals surface area contributed by atoms with Crippen LogP contribution >= 0.6 is 11.3 Å². The number of carboxylic acid groups (broad SMARTS) is 1. The number of amides is 1. The number of thiazole rings is 1. The van der Waals surface area contributed by atoms with E-state index in [-0.39, 0.29) is 24.2 Å². The van der Waals surface area contributed by atoms with E-state index in [0.717, 1.165) is 0 Å². The van der Waals surface area contributed by atoms with Crippen molar-refractivity contribution in [2.75, 3.05) is 13.7 Å². The molecule has 0 bridgehead atoms. The second-order valence-electron chi connectivity index (χ2n) is 3.57. The van der Waals surface area contributed by atoms with Crippen LogP contribution in [0.25, 0.3) is 0 Å². The molecule has 1 amide bonds. The van der Waals surface area contributed by atoms with Gasteiger partial charge in [0.1, 0.15) is 11.1 Å². The van der Waals surface area contributed by atoms with E-state index in [2.05, 4.69) is 10.3 Å². The number of rotatable bonds is 6. The maximum absolute atomic E-state index is 11.7. The Hall–Kier alpha value is -1.51. The molecule has 0 aliphatic heterocycles. The van der Waals surface area contributed by atoms with Gasteiger partial charge in [-0.1, -0.05) is 0 Å². The van der Waals surface area contributed by atoms with Gasteiger partial charge in [0.05, 0.1) is 6.04 Å². The zero-order chi connectivity index (χ0) is 13.7. The summed E-state index contributed by atoms with van der Waals surface area (Å²) in [6.45, 7) is 1.79. The van der Waals surface area contributed by atoms with Crippen molar-refractivity contribution in [1.29, 1.82) is 0 Å². The Bertz CT molecular complexity index is 431. The normalized spacial score (nSPS) is 13.9. The topological polar surface area (TPSA) is 115 Å². The standard InChI is InChI=1S/C10H15N3O4S/c1-5(12-8(14)7(3-11)17-2)9-13-6(4-18-9)10(15)16/h4-5,7H,3,11H2,1-2H3,(H,12,14)(H,15,16). The molecule has 0 spiro atoms. The van der Waals surface area contributed by atoms with E-state index in [0.29, 0.717) is 5.01 Å². The lowest BCUT2D eigenvalue weighted by Gasteiger charge is -2.16. The molecule has 1 heterocycles. The van der Waals surface area contributed by atoms with Gasteiger partial charge in [0, 0.05) is 19.0 Å². The van der Waals surface area contributed by atoms with Gasteiger partial charge in [-0.15, -0.1) is 11.3 Å². The van der Waals surface area contributed by atoms with Crippen LogP contribution in [0.3, 0.4) is 0 Å². The zero-order valence-electron chi connectivity index (χ0n) is 10.0. The first-order valence-corrected chi connectivity index (χ1v) is 6.09. The number of carbonyl (C=O) groups excluding carboxylic acids is 1. The lowest BCUT2D eigenvalue weighted by molar-refractivity contribution is -0.131. The summed E-state index contributed by atoms with van der Waals surface area (Å²) in [7, 11) is 1.40. The van der Waals surface area contributed by atoms with Crippen molar-refractivity contribution in [3.8, 4) is 0 Å². The molecule has 1 aromatic rings. The fourth-order valence-corrected chi connectivity index (χ4v) is 2.06. The lowest BCUT2D eigenvalue weighted by atomic mass is 10.3. The van der Waals surface area contributed by atoms with Crippen LogP contribution < -0.4 is 11.1 Å². The summed E-state index contributed by atoms with van der Waals surface area (Å²) >= 11 is 1.18. The van der Waals surface area contributed by atoms with Crippen LogP contribution in [0.4, 0.5) is 0 Å². The van der Waals surface area contributed by atoms with Crippen molar-refractivity contribution in [2.24, 2.45) is 5.73 Å². The van der Waals surface area contributed by atoms with Gasteiger partial charge in [0.25, 0.3) is 5.91 Å². The molecule has 4 N–H and O–H groups in total. The second-order valence-corrected chi connectivity index (χ2v) is 4.46. The quantitative estimate of drug-likeness (QED) is 0.671. The molecule has 0 fully saturated rings. The molecular weight excluding hydrogens is 258 g/mol. The summed E-state index contributed by atoms with van der Waals surface area (Å²) in [6.07, 6.45) is -0.716. The van der Waals surface area contributed by atoms with Crippen molar-refractivity contribution in [3.05, 3.63) is 16.1 Å². The number of nitrogens with zero attached hydrogens (tertiary/aromatic N) is 1. The summed E-state index contributed by atoms with van der Waals surface area (Å²) in [4.78, 5) is 26.3. The van der Waals surface area contributed by atoms with Crippen molar-refractivity contribution in [2.45, 2.75) is 19.1 Å². The minimum Gasteiger partial charge on any atom is -0.476 e. The largest absolute Gasteiger partial charge is 0.476 e. The van der Waals surface area contributed by atoms with Gasteiger partial charge in [-0.25, -0.2) is 9.78 Å². The minimum atomic E-state index is -1.09. The van der Waals surface area contributed by atoms with Crippen molar-refractivity contribution in [1.82, 2.24) is 10.3 Å². The van der Waals surface area contributed by atoms with Crippen molar-refractivity contribution < 1.29 is 19.4 Å². The predicted molar refractivity (Wildman–Crippen MR) is 65.5 cm³/mol. The number of aromatic carboxylic acids is 1. The molecule has 0 aliphatic rings. The number of carbonyl (C=O) groups is 2. The second kappa shape index (κ2) is 6.43. The Morgan fingerprint density at radius 3 is 2.78 bits per heavy atom. The number of ether oxygens (including phenoxy) is 1. The van der Waals surface area contributed by atoms with Gasteiger partial charge in [0.15, 0.2) is 5.69 Å². The highest BCUT2D eigenvalue weighted by Crippen LogP contribution is 2.18. The van der Waals surface area contributed by atoms with Gasteiger partial charge in [-0.3, -0.25) is 4.79 Å². The Balaban J connectivity index is 2.66. The molecule has 18 heavy (non-hydrogen) atoms. The summed E-state index contributed by atoms with van der Waals surface area (Å²) < 4.78 is 4.89. The Kier molecular flexibility index (Phi) is 5.20. The van der Waals surface area contributed by atoms with Crippen LogP contribution in [-0.4, -0.2) is 41.7 Å². The minimum absolute atomic E-state index is 0.0294. The highest BCUT2D eigenvalue weighted by molar-refractivity contribution is 7.09. The smallest absolute Gasteiger partial charge is 0.355 e. The third kappa shape index (κ3) is 3.49. The van der Waals surface area contributed by atoms with E-state index >= 15 is 0 Å². The third-order valence-corrected chi connectivity index (χ3v) is 3.29. The summed E-state index contributed by atoms with van der Waals surface area (Å²) in [5.74, 6) is -1.44. The number of hydrogen-bond donors (Lipinski definition) is 3. The fourth-order valence-electron chi connectivity index (χ4n) is 1.26. The number of methoxy groups -OCH3 is 1. The first-order valence-electron chi connectivity index (χ1n) is 5.21. The van der Waals surface area contributed by atoms with Crippen LogP contribution in [0.2, 0.25) is 0 Å². The van der Waals surface area contributed by atoms with Gasteiger partial charge in [0.2, 0.25) is 0 Å². The van der Waals surface area contributed by atoms with E-state index in [9.17, 15) is 9.59 Å². The monoisotopic (exact) mass is 273 g/mol. The summed E-state index contributed by atoms with van der Waals surface area (Å²) in [5.41, 5.74) is 5.34. The van der Waals surface area contributed by atoms with Crippen LogP contribution in [-0.2, 0) is 9.53 Å². The van der Waals surface area contributed by atoms with Crippen LogP contribution in [0, 0.1) is 0 Å². The molecule has 1 rings (SSSR count). The molecule has 0 aromatic carbocycles. The van der Waals surface area contributed by atoms with E-state index in [1.807, 2.05) is 0 Å². The molecule has 2 atom stereocenters. The van der Waals surface area contributed by atoms with E-state index in [1.165, 1.54) is 23.8 Å². The molecule has 7 nitrogen and oxygen atoms in total. The number of aromatic nitrogens is 1. The van der Waals surface area contributed by atoms with E-state index in [4.69, 9.17) is 15.6 Å². The van der Waals surface area contributed by atoms with Crippen LogP contribution in [0.5, 0.6) is 0 Å². The van der Waals surface area contributed by atoms with Crippen molar-refractivity contribution in [3.63, 3.8) is 0 Å². The Morgan fingerprint density at radius 1 is 1.67 bits per heavy atom. The Morgan fingerprint density at radius 2 is 2.33 bits per heavy atom. The van der Waals surface area contributed by atoms with Gasteiger partial charge in [-0.2, -0.15) is 0 Å². The van der Waals surface area contributed by atoms with Crippen molar-refractivity contribution >= 4 is 23.2 Å². The molecule has 0 saturated heterocycles. The zero-order valence-corrected chi connectivity index (χ0v) is 10.9. The number of hydrogen-bond acceptors (Lipinski definition) is 6. The summed E-state index contributed by atoms with van der Waals surface area (Å²) in [5, 5.41) is 13.4. The molecule has 8 heteroatoms.